The molecule has 0 aliphatic carbocycles. The third-order valence-corrected chi connectivity index (χ3v) is 1.86. The first-order valence-electron chi connectivity index (χ1n) is 3.34. The summed E-state index contributed by atoms with van der Waals surface area (Å²) in [5.41, 5.74) is 2.97. The maximum Gasteiger partial charge on any atom is 0.0282 e. The summed E-state index contributed by atoms with van der Waals surface area (Å²) in [7, 11) is 0. The lowest BCUT2D eigenvalue weighted by Gasteiger charge is -1.98. The largest absolute Gasteiger partial charge is 0.0961 e. The lowest BCUT2D eigenvalue weighted by molar-refractivity contribution is 1.48. The second-order valence-corrected chi connectivity index (χ2v) is 3.00. The molecule has 11 heavy (non-hydrogen) atoms. The van der Waals surface area contributed by atoms with Crippen LogP contribution in [0.3, 0.4) is 0 Å². The number of rotatable bonds is 4. The third kappa shape index (κ3) is 4.79. The Morgan fingerprint density at radius 1 is 1.27 bits per heavy atom. The highest BCUT2D eigenvalue weighted by Gasteiger charge is 1.91. The zero-order valence-electron chi connectivity index (χ0n) is 6.86. The lowest BCUT2D eigenvalue weighted by Crippen LogP contribution is -1.82. The van der Waals surface area contributed by atoms with Crippen LogP contribution in [0.4, 0.5) is 0 Å². The molecule has 0 nitrogen and oxygen atoms in total. The topological polar surface area (TPSA) is 0 Å². The maximum absolute atomic E-state index is 3.84. The highest BCUT2D eigenvalue weighted by molar-refractivity contribution is 9.09. The first-order valence-corrected chi connectivity index (χ1v) is 4.46. The van der Waals surface area contributed by atoms with E-state index in [1.54, 1.807) is 0 Å². The summed E-state index contributed by atoms with van der Waals surface area (Å²) < 4.78 is 0. The van der Waals surface area contributed by atoms with Gasteiger partial charge in [0.25, 0.3) is 0 Å². The lowest BCUT2D eigenvalue weighted by atomic mass is 10.1. The van der Waals surface area contributed by atoms with Crippen molar-refractivity contribution in [2.45, 2.75) is 6.92 Å². The van der Waals surface area contributed by atoms with Crippen LogP contribution in [0.15, 0.2) is 48.6 Å². The summed E-state index contributed by atoms with van der Waals surface area (Å²) >= 11 is 3.31. The Labute approximate surface area is 77.1 Å². The summed E-state index contributed by atoms with van der Waals surface area (Å²) in [6, 6.07) is 0. The molecule has 0 bridgehead atoms. The second-order valence-electron chi connectivity index (χ2n) is 2.44. The molecule has 0 spiro atoms. The Balaban J connectivity index is 4.08. The first-order chi connectivity index (χ1) is 5.07. The Morgan fingerprint density at radius 2 is 1.82 bits per heavy atom. The van der Waals surface area contributed by atoms with Crippen molar-refractivity contribution in [2.24, 2.45) is 0 Å². The zero-order chi connectivity index (χ0) is 8.85. The van der Waals surface area contributed by atoms with Crippen molar-refractivity contribution < 1.29 is 0 Å². The predicted octanol–water partition coefficient (Wildman–Crippen LogP) is 3.63. The van der Waals surface area contributed by atoms with Gasteiger partial charge in [0, 0.05) is 5.33 Å². The number of allylic oxidation sites excluding steroid dienone is 5. The minimum absolute atomic E-state index is 0.770. The molecule has 1 heteroatoms. The minimum Gasteiger partial charge on any atom is -0.0961 e. The van der Waals surface area contributed by atoms with Gasteiger partial charge in [0.2, 0.25) is 0 Å². The van der Waals surface area contributed by atoms with E-state index in [4.69, 9.17) is 0 Å². The van der Waals surface area contributed by atoms with Gasteiger partial charge in [0.1, 0.15) is 0 Å². The quantitative estimate of drug-likeness (QED) is 0.494. The van der Waals surface area contributed by atoms with Gasteiger partial charge in [-0.15, -0.1) is 0 Å². The molecule has 0 rings (SSSR count). The monoisotopic (exact) mass is 212 g/mol. The molecule has 0 aliphatic rings. The van der Waals surface area contributed by atoms with Crippen molar-refractivity contribution in [3.05, 3.63) is 48.6 Å². The Morgan fingerprint density at radius 3 is 2.18 bits per heavy atom. The van der Waals surface area contributed by atoms with Crippen molar-refractivity contribution in [2.75, 3.05) is 5.33 Å². The fourth-order valence-corrected chi connectivity index (χ4v) is 0.807. The normalized spacial score (nSPS) is 10.0. The predicted molar refractivity (Wildman–Crippen MR) is 56.0 cm³/mol. The van der Waals surface area contributed by atoms with Crippen molar-refractivity contribution in [1.29, 1.82) is 0 Å². The molecule has 60 valence electrons. The highest BCUT2D eigenvalue weighted by Crippen LogP contribution is 2.10. The van der Waals surface area contributed by atoms with Gasteiger partial charge in [0.05, 0.1) is 0 Å². The van der Waals surface area contributed by atoms with E-state index < -0.39 is 0 Å². The molecule has 0 aromatic carbocycles. The van der Waals surface area contributed by atoms with Gasteiger partial charge in [0.15, 0.2) is 0 Å². The molecule has 0 saturated heterocycles. The van der Waals surface area contributed by atoms with E-state index in [-0.39, 0.29) is 0 Å². The molecule has 0 amide bonds. The van der Waals surface area contributed by atoms with Crippen molar-refractivity contribution in [3.8, 4) is 0 Å². The van der Waals surface area contributed by atoms with Gasteiger partial charge in [-0.25, -0.2) is 0 Å². The van der Waals surface area contributed by atoms with Crippen LogP contribution >= 0.6 is 15.9 Å². The molecule has 0 heterocycles. The zero-order valence-corrected chi connectivity index (χ0v) is 8.45. The fraction of sp³-hybridized carbons (Fsp3) is 0.200. The SMILES string of the molecule is C=C(C)/C=C\C(=C)C(=C)CBr. The molecular formula is C10H13Br. The molecular weight excluding hydrogens is 200 g/mol. The van der Waals surface area contributed by atoms with Gasteiger partial charge >= 0.3 is 0 Å². The summed E-state index contributed by atoms with van der Waals surface area (Å²) in [4.78, 5) is 0. The van der Waals surface area contributed by atoms with Crippen LogP contribution in [0, 0.1) is 0 Å². The van der Waals surface area contributed by atoms with Crippen LogP contribution in [-0.2, 0) is 0 Å². The van der Waals surface area contributed by atoms with Crippen LogP contribution in [-0.4, -0.2) is 5.33 Å². The van der Waals surface area contributed by atoms with Gasteiger partial charge in [-0.2, -0.15) is 0 Å². The average molecular weight is 213 g/mol. The molecule has 0 fully saturated rings. The molecule has 0 saturated carbocycles. The number of hydrogen-bond donors (Lipinski definition) is 0. The number of alkyl halides is 1. The molecule has 0 aromatic rings. The van der Waals surface area contributed by atoms with E-state index in [0.717, 1.165) is 22.0 Å². The van der Waals surface area contributed by atoms with E-state index in [1.165, 1.54) is 0 Å². The van der Waals surface area contributed by atoms with E-state index in [0.29, 0.717) is 0 Å². The Kier molecular flexibility index (Phi) is 4.88. The smallest absolute Gasteiger partial charge is 0.0282 e. The van der Waals surface area contributed by atoms with Crippen LogP contribution in [0.2, 0.25) is 0 Å². The van der Waals surface area contributed by atoms with Crippen molar-refractivity contribution >= 4 is 15.9 Å². The minimum atomic E-state index is 0.770. The van der Waals surface area contributed by atoms with Crippen molar-refractivity contribution in [3.63, 3.8) is 0 Å². The molecule has 0 aromatic heterocycles. The van der Waals surface area contributed by atoms with Gasteiger partial charge in [-0.3, -0.25) is 0 Å². The second kappa shape index (κ2) is 5.14. The standard InChI is InChI=1S/C10H13Br/c1-8(2)5-6-9(3)10(4)7-11/h5-6H,1,3-4,7H2,2H3/b6-5-. The first kappa shape index (κ1) is 10.4. The van der Waals surface area contributed by atoms with Crippen LogP contribution in [0.1, 0.15) is 6.92 Å². The Bertz CT molecular complexity index is 209. The summed E-state index contributed by atoms with van der Waals surface area (Å²) in [5.74, 6) is 0. The third-order valence-electron chi connectivity index (χ3n) is 1.18. The fourth-order valence-electron chi connectivity index (χ4n) is 0.447. The molecule has 0 radical (unpaired) electrons. The van der Waals surface area contributed by atoms with Crippen LogP contribution in [0.5, 0.6) is 0 Å². The van der Waals surface area contributed by atoms with E-state index in [2.05, 4.69) is 35.7 Å². The maximum atomic E-state index is 3.84. The summed E-state index contributed by atoms with van der Waals surface area (Å²) in [6.45, 7) is 13.4. The highest BCUT2D eigenvalue weighted by atomic mass is 79.9. The van der Waals surface area contributed by atoms with Crippen LogP contribution < -0.4 is 0 Å². The summed E-state index contributed by atoms with van der Waals surface area (Å²) in [5, 5.41) is 0.770. The number of hydrogen-bond acceptors (Lipinski definition) is 0. The Hall–Kier alpha value is -0.560. The molecule has 0 N–H and O–H groups in total. The van der Waals surface area contributed by atoms with Gasteiger partial charge in [-0.1, -0.05) is 53.4 Å². The molecule has 0 aliphatic heterocycles. The molecule has 0 unspecified atom stereocenters. The summed E-state index contributed by atoms with van der Waals surface area (Å²) in [6.07, 6.45) is 3.85. The van der Waals surface area contributed by atoms with Gasteiger partial charge < -0.3 is 0 Å². The number of halogens is 1. The average Bonchev–Trinajstić information content (AvgIpc) is 1.98. The van der Waals surface area contributed by atoms with Crippen LogP contribution in [0.25, 0.3) is 0 Å². The van der Waals surface area contributed by atoms with E-state index in [1.807, 2.05) is 19.1 Å². The van der Waals surface area contributed by atoms with E-state index >= 15 is 0 Å². The van der Waals surface area contributed by atoms with Crippen molar-refractivity contribution in [1.82, 2.24) is 0 Å². The van der Waals surface area contributed by atoms with E-state index in [9.17, 15) is 0 Å². The van der Waals surface area contributed by atoms with Gasteiger partial charge in [-0.05, 0) is 18.1 Å². The molecule has 0 atom stereocenters.